The molecule has 0 amide bonds. The summed E-state index contributed by atoms with van der Waals surface area (Å²) >= 11 is 0. The van der Waals surface area contributed by atoms with Crippen LogP contribution >= 0.6 is 0 Å². The molecule has 0 saturated carbocycles. The van der Waals surface area contributed by atoms with Gasteiger partial charge in [-0.15, -0.1) is 0 Å². The first-order valence-corrected chi connectivity index (χ1v) is 3.96. The second-order valence-corrected chi connectivity index (χ2v) is 2.72. The predicted octanol–water partition coefficient (Wildman–Crippen LogP) is 2.13. The summed E-state index contributed by atoms with van der Waals surface area (Å²) in [5.41, 5.74) is -2.55. The van der Waals surface area contributed by atoms with Crippen molar-refractivity contribution in [3.8, 4) is 6.07 Å². The van der Waals surface area contributed by atoms with Crippen molar-refractivity contribution in [3.05, 3.63) is 33.4 Å². The predicted molar refractivity (Wildman–Crippen MR) is 45.1 cm³/mol. The van der Waals surface area contributed by atoms with Crippen LogP contribution in [0, 0.1) is 27.3 Å². The molecule has 0 spiro atoms. The van der Waals surface area contributed by atoms with Gasteiger partial charge in [0.05, 0.1) is 17.4 Å². The number of alkyl halides is 2. The van der Waals surface area contributed by atoms with E-state index < -0.39 is 40.7 Å². The highest BCUT2D eigenvalue weighted by molar-refractivity contribution is 5.39. The van der Waals surface area contributed by atoms with E-state index in [4.69, 9.17) is 5.26 Å². The van der Waals surface area contributed by atoms with Gasteiger partial charge in [-0.3, -0.25) is 10.1 Å². The molecule has 84 valence electrons. The van der Waals surface area contributed by atoms with Crippen LogP contribution in [-0.4, -0.2) is 9.91 Å². The number of nitrogens with zero attached hydrogens (tertiary/aromatic N) is 3. The van der Waals surface area contributed by atoms with Gasteiger partial charge in [-0.2, -0.15) is 9.65 Å². The third kappa shape index (κ3) is 2.25. The van der Waals surface area contributed by atoms with E-state index in [0.29, 0.717) is 6.07 Å². The van der Waals surface area contributed by atoms with E-state index >= 15 is 0 Å². The number of halogens is 3. The third-order valence-corrected chi connectivity index (χ3v) is 1.69. The maximum atomic E-state index is 13.1. The van der Waals surface area contributed by atoms with E-state index in [0.717, 1.165) is 0 Å². The van der Waals surface area contributed by atoms with Crippen molar-refractivity contribution in [1.29, 1.82) is 5.26 Å². The number of hydrogen-bond donors (Lipinski definition) is 0. The Morgan fingerprint density at radius 1 is 1.62 bits per heavy atom. The van der Waals surface area contributed by atoms with E-state index in [2.05, 4.69) is 4.98 Å². The zero-order valence-corrected chi connectivity index (χ0v) is 7.65. The number of nitriles is 1. The molecule has 0 fully saturated rings. The molecule has 1 heterocycles. The molecular weight excluding hydrogens is 227 g/mol. The molecule has 0 bridgehead atoms. The van der Waals surface area contributed by atoms with Crippen LogP contribution in [0.1, 0.15) is 17.8 Å². The molecule has 0 radical (unpaired) electrons. The van der Waals surface area contributed by atoms with E-state index in [9.17, 15) is 23.3 Å². The molecule has 0 unspecified atom stereocenters. The molecule has 0 atom stereocenters. The van der Waals surface area contributed by atoms with Gasteiger partial charge in [0.2, 0.25) is 5.82 Å². The quantitative estimate of drug-likeness (QED) is 0.589. The molecule has 0 aliphatic heterocycles. The SMILES string of the molecule is N#CCc1nc(C(F)F)cc(F)c1[N+](=O)[O-]. The average molecular weight is 231 g/mol. The second-order valence-electron chi connectivity index (χ2n) is 2.72. The van der Waals surface area contributed by atoms with Crippen LogP contribution in [0.5, 0.6) is 0 Å². The van der Waals surface area contributed by atoms with Gasteiger partial charge in [0.15, 0.2) is 0 Å². The largest absolute Gasteiger partial charge is 0.327 e. The summed E-state index contributed by atoms with van der Waals surface area (Å²) < 4.78 is 37.6. The molecular formula is C8H4F3N3O2. The Morgan fingerprint density at radius 3 is 2.69 bits per heavy atom. The number of aromatic nitrogens is 1. The summed E-state index contributed by atoms with van der Waals surface area (Å²) in [6, 6.07) is 1.79. The van der Waals surface area contributed by atoms with Crippen LogP contribution in [0.4, 0.5) is 18.9 Å². The first-order valence-electron chi connectivity index (χ1n) is 3.96. The van der Waals surface area contributed by atoms with Crippen LogP contribution in [0.15, 0.2) is 6.07 Å². The summed E-state index contributed by atoms with van der Waals surface area (Å²) in [6.07, 6.45) is -3.65. The molecule has 1 aromatic rings. The summed E-state index contributed by atoms with van der Waals surface area (Å²) in [4.78, 5) is 12.5. The molecule has 0 aliphatic carbocycles. The number of nitro groups is 1. The van der Waals surface area contributed by atoms with Crippen molar-refractivity contribution in [2.45, 2.75) is 12.8 Å². The van der Waals surface area contributed by atoms with Gasteiger partial charge in [-0.05, 0) is 0 Å². The Morgan fingerprint density at radius 2 is 2.25 bits per heavy atom. The van der Waals surface area contributed by atoms with Crippen molar-refractivity contribution in [2.75, 3.05) is 0 Å². The van der Waals surface area contributed by atoms with Crippen molar-refractivity contribution in [1.82, 2.24) is 4.98 Å². The average Bonchev–Trinajstić information content (AvgIpc) is 2.16. The Balaban J connectivity index is 3.40. The summed E-state index contributed by atoms with van der Waals surface area (Å²) in [5.74, 6) is -1.42. The minimum atomic E-state index is -3.05. The van der Waals surface area contributed by atoms with Crippen molar-refractivity contribution in [2.24, 2.45) is 0 Å². The third-order valence-electron chi connectivity index (χ3n) is 1.69. The fraction of sp³-hybridized carbons (Fsp3) is 0.250. The van der Waals surface area contributed by atoms with Crippen LogP contribution in [0.2, 0.25) is 0 Å². The van der Waals surface area contributed by atoms with Gasteiger partial charge in [-0.1, -0.05) is 0 Å². The van der Waals surface area contributed by atoms with E-state index in [1.165, 1.54) is 6.07 Å². The van der Waals surface area contributed by atoms with E-state index in [1.807, 2.05) is 0 Å². The van der Waals surface area contributed by atoms with Gasteiger partial charge < -0.3 is 0 Å². The molecule has 8 heteroatoms. The van der Waals surface area contributed by atoms with E-state index in [1.54, 1.807) is 0 Å². The Kier molecular flexibility index (Phi) is 3.40. The molecule has 0 N–H and O–H groups in total. The molecule has 5 nitrogen and oxygen atoms in total. The lowest BCUT2D eigenvalue weighted by Crippen LogP contribution is -2.05. The summed E-state index contributed by atoms with van der Waals surface area (Å²) in [6.45, 7) is 0. The highest BCUT2D eigenvalue weighted by Gasteiger charge is 2.25. The first-order chi connectivity index (χ1) is 7.47. The number of hydrogen-bond acceptors (Lipinski definition) is 4. The van der Waals surface area contributed by atoms with Crippen LogP contribution in [0.3, 0.4) is 0 Å². The minimum Gasteiger partial charge on any atom is -0.258 e. The second kappa shape index (κ2) is 4.57. The van der Waals surface area contributed by atoms with Crippen LogP contribution in [-0.2, 0) is 6.42 Å². The van der Waals surface area contributed by atoms with Gasteiger partial charge >= 0.3 is 5.69 Å². The highest BCUT2D eigenvalue weighted by Crippen LogP contribution is 2.26. The Labute approximate surface area is 87.3 Å². The zero-order chi connectivity index (χ0) is 12.3. The lowest BCUT2D eigenvalue weighted by atomic mass is 10.2. The standard InChI is InChI=1S/C8H4F3N3O2/c9-4-3-6(8(10)11)13-5(1-2-12)7(4)14(15)16/h3,8H,1H2. The summed E-state index contributed by atoms with van der Waals surface area (Å²) in [5, 5.41) is 18.8. The lowest BCUT2D eigenvalue weighted by Gasteiger charge is -2.03. The molecule has 0 aromatic carbocycles. The maximum Gasteiger partial charge on any atom is 0.327 e. The van der Waals surface area contributed by atoms with Gasteiger partial charge in [0, 0.05) is 6.07 Å². The molecule has 0 aliphatic rings. The fourth-order valence-corrected chi connectivity index (χ4v) is 1.08. The fourth-order valence-electron chi connectivity index (χ4n) is 1.08. The van der Waals surface area contributed by atoms with E-state index in [-0.39, 0.29) is 0 Å². The normalized spacial score (nSPS) is 10.2. The Hall–Kier alpha value is -2.17. The zero-order valence-electron chi connectivity index (χ0n) is 7.65. The molecule has 16 heavy (non-hydrogen) atoms. The van der Waals surface area contributed by atoms with Gasteiger partial charge in [0.25, 0.3) is 6.43 Å². The molecule has 1 aromatic heterocycles. The topological polar surface area (TPSA) is 79.8 Å². The number of pyridine rings is 1. The Bertz CT molecular complexity index is 470. The van der Waals surface area contributed by atoms with Crippen molar-refractivity contribution in [3.63, 3.8) is 0 Å². The van der Waals surface area contributed by atoms with Crippen LogP contribution < -0.4 is 0 Å². The molecule has 0 saturated heterocycles. The van der Waals surface area contributed by atoms with Crippen LogP contribution in [0.25, 0.3) is 0 Å². The van der Waals surface area contributed by atoms with Crippen molar-refractivity contribution >= 4 is 5.69 Å². The monoisotopic (exact) mass is 231 g/mol. The minimum absolute atomic E-state index is 0.295. The first kappa shape index (κ1) is 11.9. The smallest absolute Gasteiger partial charge is 0.258 e. The molecule has 1 rings (SSSR count). The van der Waals surface area contributed by atoms with Gasteiger partial charge in [-0.25, -0.2) is 13.8 Å². The maximum absolute atomic E-state index is 13.1. The number of rotatable bonds is 3. The van der Waals surface area contributed by atoms with Crippen molar-refractivity contribution < 1.29 is 18.1 Å². The van der Waals surface area contributed by atoms with Gasteiger partial charge in [0.1, 0.15) is 11.4 Å². The summed E-state index contributed by atoms with van der Waals surface area (Å²) in [7, 11) is 0. The highest BCUT2D eigenvalue weighted by atomic mass is 19.3. The lowest BCUT2D eigenvalue weighted by molar-refractivity contribution is -0.388.